The van der Waals surface area contributed by atoms with Crippen LogP contribution in [0.15, 0.2) is 48.5 Å². The zero-order chi connectivity index (χ0) is 21.9. The Morgan fingerprint density at radius 1 is 0.967 bits per heavy atom. The van der Waals surface area contributed by atoms with Gasteiger partial charge in [-0.3, -0.25) is 4.79 Å². The highest BCUT2D eigenvalue weighted by Gasteiger charge is 2.08. The molecule has 30 heavy (non-hydrogen) atoms. The predicted octanol–water partition coefficient (Wildman–Crippen LogP) is 2.36. The third-order valence-electron chi connectivity index (χ3n) is 4.05. The van der Waals surface area contributed by atoms with Crippen LogP contribution >= 0.6 is 0 Å². The Kier molecular flexibility index (Phi) is 8.43. The monoisotopic (exact) mass is 413 g/mol. The molecule has 0 saturated heterocycles. The van der Waals surface area contributed by atoms with E-state index in [4.69, 9.17) is 14.2 Å². The maximum Gasteiger partial charge on any atom is 0.337 e. The van der Waals surface area contributed by atoms with Gasteiger partial charge in [-0.15, -0.1) is 0 Å². The van der Waals surface area contributed by atoms with Gasteiger partial charge in [-0.05, 0) is 42.0 Å². The minimum Gasteiger partial charge on any atom is -0.497 e. The lowest BCUT2D eigenvalue weighted by molar-refractivity contribution is -0.143. The summed E-state index contributed by atoms with van der Waals surface area (Å²) in [6.45, 7) is -0.187. The van der Waals surface area contributed by atoms with Crippen LogP contribution in [0, 0.1) is 0 Å². The lowest BCUT2D eigenvalue weighted by Gasteiger charge is -2.07. The Morgan fingerprint density at radius 3 is 2.33 bits per heavy atom. The fraction of sp³-hybridized carbons (Fsp3) is 0.227. The van der Waals surface area contributed by atoms with E-state index in [2.05, 4.69) is 10.1 Å². The molecule has 2 aromatic carbocycles. The summed E-state index contributed by atoms with van der Waals surface area (Å²) in [4.78, 5) is 35.1. The Morgan fingerprint density at radius 2 is 1.70 bits per heavy atom. The molecule has 0 aliphatic carbocycles. The van der Waals surface area contributed by atoms with Crippen molar-refractivity contribution in [1.29, 1.82) is 0 Å². The van der Waals surface area contributed by atoms with Crippen molar-refractivity contribution in [2.75, 3.05) is 27.9 Å². The molecular formula is C22H23NO7. The molecular weight excluding hydrogens is 390 g/mol. The van der Waals surface area contributed by atoms with Gasteiger partial charge in [-0.25, -0.2) is 9.59 Å². The highest BCUT2D eigenvalue weighted by molar-refractivity contribution is 5.90. The lowest BCUT2D eigenvalue weighted by atomic mass is 10.1. The molecule has 2 rings (SSSR count). The number of hydrogen-bond acceptors (Lipinski definition) is 7. The first-order valence-corrected chi connectivity index (χ1v) is 8.97. The Labute approximate surface area is 174 Å². The number of methoxy groups -OCH3 is 3. The first-order chi connectivity index (χ1) is 14.5. The van der Waals surface area contributed by atoms with Gasteiger partial charge in [0.2, 0.25) is 0 Å². The molecule has 0 fully saturated rings. The van der Waals surface area contributed by atoms with E-state index < -0.39 is 24.5 Å². The number of nitrogens with one attached hydrogen (secondary N) is 1. The highest BCUT2D eigenvalue weighted by atomic mass is 16.5. The standard InChI is InChI=1S/C22H23NO7/c1-27-18-9-10-19(28-2)17(12-18)8-11-21(25)30-14-20(24)23-13-15-4-6-16(7-5-15)22(26)29-3/h4-12H,13-14H2,1-3H3,(H,23,24)/b11-8+. The quantitative estimate of drug-likeness (QED) is 0.498. The molecule has 2 aromatic rings. The SMILES string of the molecule is COC(=O)c1ccc(CNC(=O)COC(=O)/C=C/c2cc(OC)ccc2OC)cc1. The Hall–Kier alpha value is -3.81. The van der Waals surface area contributed by atoms with Crippen molar-refractivity contribution in [3.63, 3.8) is 0 Å². The van der Waals surface area contributed by atoms with E-state index in [-0.39, 0.29) is 6.54 Å². The third kappa shape index (κ3) is 6.66. The summed E-state index contributed by atoms with van der Waals surface area (Å²) in [6.07, 6.45) is 2.72. The van der Waals surface area contributed by atoms with Crippen molar-refractivity contribution in [2.45, 2.75) is 6.54 Å². The smallest absolute Gasteiger partial charge is 0.337 e. The van der Waals surface area contributed by atoms with Crippen molar-refractivity contribution >= 4 is 23.9 Å². The number of ether oxygens (including phenoxy) is 4. The van der Waals surface area contributed by atoms with Crippen LogP contribution in [0.25, 0.3) is 6.08 Å². The van der Waals surface area contributed by atoms with Gasteiger partial charge in [-0.2, -0.15) is 0 Å². The van der Waals surface area contributed by atoms with Gasteiger partial charge in [0.15, 0.2) is 6.61 Å². The van der Waals surface area contributed by atoms with E-state index >= 15 is 0 Å². The number of amides is 1. The lowest BCUT2D eigenvalue weighted by Crippen LogP contribution is -2.28. The number of esters is 2. The summed E-state index contributed by atoms with van der Waals surface area (Å²) in [5.41, 5.74) is 1.84. The van der Waals surface area contributed by atoms with E-state index in [0.29, 0.717) is 22.6 Å². The summed E-state index contributed by atoms with van der Waals surface area (Å²) < 4.78 is 19.9. The van der Waals surface area contributed by atoms with Crippen molar-refractivity contribution < 1.29 is 33.3 Å². The number of benzene rings is 2. The van der Waals surface area contributed by atoms with Gasteiger partial charge in [0.05, 0.1) is 26.9 Å². The summed E-state index contributed by atoms with van der Waals surface area (Å²) in [7, 11) is 4.36. The molecule has 0 aliphatic heterocycles. The molecule has 0 heterocycles. The molecule has 0 radical (unpaired) electrons. The van der Waals surface area contributed by atoms with Crippen LogP contribution < -0.4 is 14.8 Å². The maximum absolute atomic E-state index is 11.9. The fourth-order valence-electron chi connectivity index (χ4n) is 2.44. The molecule has 0 saturated carbocycles. The summed E-state index contributed by atoms with van der Waals surface area (Å²) >= 11 is 0. The second kappa shape index (κ2) is 11.3. The summed E-state index contributed by atoms with van der Waals surface area (Å²) in [5.74, 6) is -0.374. The molecule has 8 nitrogen and oxygen atoms in total. The highest BCUT2D eigenvalue weighted by Crippen LogP contribution is 2.25. The van der Waals surface area contributed by atoms with Crippen LogP contribution in [0.4, 0.5) is 0 Å². The second-order valence-corrected chi connectivity index (χ2v) is 6.01. The molecule has 0 unspecified atom stereocenters. The van der Waals surface area contributed by atoms with E-state index in [1.807, 2.05) is 0 Å². The van der Waals surface area contributed by atoms with Gasteiger partial charge >= 0.3 is 11.9 Å². The van der Waals surface area contributed by atoms with Crippen LogP contribution in [0.2, 0.25) is 0 Å². The minimum atomic E-state index is -0.669. The van der Waals surface area contributed by atoms with Crippen LogP contribution in [-0.4, -0.2) is 45.8 Å². The minimum absolute atomic E-state index is 0.231. The molecule has 0 atom stereocenters. The van der Waals surface area contributed by atoms with Crippen LogP contribution in [-0.2, 0) is 25.6 Å². The average molecular weight is 413 g/mol. The Bertz CT molecular complexity index is 920. The number of carbonyl (C=O) groups excluding carboxylic acids is 3. The van der Waals surface area contributed by atoms with Crippen molar-refractivity contribution in [3.05, 3.63) is 65.2 Å². The van der Waals surface area contributed by atoms with Gasteiger partial charge in [0, 0.05) is 18.2 Å². The molecule has 1 amide bonds. The normalized spacial score (nSPS) is 10.4. The predicted molar refractivity (Wildman–Crippen MR) is 109 cm³/mol. The van der Waals surface area contributed by atoms with Crippen molar-refractivity contribution in [2.24, 2.45) is 0 Å². The third-order valence-corrected chi connectivity index (χ3v) is 4.05. The second-order valence-electron chi connectivity index (χ2n) is 6.01. The fourth-order valence-corrected chi connectivity index (χ4v) is 2.44. The number of carbonyl (C=O) groups is 3. The molecule has 158 valence electrons. The number of rotatable bonds is 9. The van der Waals surface area contributed by atoms with E-state index in [9.17, 15) is 14.4 Å². The topological polar surface area (TPSA) is 100 Å². The van der Waals surface area contributed by atoms with Crippen LogP contribution in [0.3, 0.4) is 0 Å². The molecule has 1 N–H and O–H groups in total. The summed E-state index contributed by atoms with van der Waals surface area (Å²) in [6, 6.07) is 11.8. The molecule has 0 bridgehead atoms. The largest absolute Gasteiger partial charge is 0.497 e. The van der Waals surface area contributed by atoms with E-state index in [0.717, 1.165) is 5.56 Å². The maximum atomic E-state index is 11.9. The van der Waals surface area contributed by atoms with Crippen molar-refractivity contribution in [1.82, 2.24) is 5.32 Å². The molecule has 8 heteroatoms. The molecule has 0 aromatic heterocycles. The van der Waals surface area contributed by atoms with Gasteiger partial charge in [0.25, 0.3) is 5.91 Å². The molecule has 0 spiro atoms. The first-order valence-electron chi connectivity index (χ1n) is 8.97. The molecule has 0 aliphatic rings. The first kappa shape index (κ1) is 22.5. The van der Waals surface area contributed by atoms with Gasteiger partial charge in [0.1, 0.15) is 11.5 Å². The number of hydrogen-bond donors (Lipinski definition) is 1. The van der Waals surface area contributed by atoms with Crippen LogP contribution in [0.5, 0.6) is 11.5 Å². The van der Waals surface area contributed by atoms with Gasteiger partial charge in [-0.1, -0.05) is 12.1 Å². The van der Waals surface area contributed by atoms with Gasteiger partial charge < -0.3 is 24.3 Å². The zero-order valence-corrected chi connectivity index (χ0v) is 17.0. The zero-order valence-electron chi connectivity index (χ0n) is 17.0. The average Bonchev–Trinajstić information content (AvgIpc) is 2.79. The Balaban J connectivity index is 1.81. The van der Waals surface area contributed by atoms with E-state index in [1.165, 1.54) is 33.5 Å². The van der Waals surface area contributed by atoms with Crippen LogP contribution in [0.1, 0.15) is 21.5 Å². The van der Waals surface area contributed by atoms with E-state index in [1.54, 1.807) is 42.5 Å². The van der Waals surface area contributed by atoms with Crippen molar-refractivity contribution in [3.8, 4) is 11.5 Å². The summed E-state index contributed by atoms with van der Waals surface area (Å²) in [5, 5.41) is 2.63.